The Morgan fingerprint density at radius 1 is 1.28 bits per heavy atom. The molecular formula is C27H30N6O3. The smallest absolute Gasteiger partial charge is 0.225 e. The summed E-state index contributed by atoms with van der Waals surface area (Å²) < 4.78 is 1.51. The van der Waals surface area contributed by atoms with Gasteiger partial charge in [0.1, 0.15) is 5.82 Å². The van der Waals surface area contributed by atoms with Crippen molar-refractivity contribution in [2.75, 3.05) is 18.8 Å². The fraction of sp³-hybridized carbons (Fsp3) is 0.370. The second-order valence-electron chi connectivity index (χ2n) is 9.51. The number of carbonyl (C=O) groups excluding carboxylic acids is 2. The summed E-state index contributed by atoms with van der Waals surface area (Å²) >= 11 is 0. The zero-order chi connectivity index (χ0) is 25.2. The van der Waals surface area contributed by atoms with Gasteiger partial charge in [-0.05, 0) is 44.2 Å². The number of allylic oxidation sites excluding steroid dienone is 4. The molecule has 1 fully saturated rings. The summed E-state index contributed by atoms with van der Waals surface area (Å²) in [5.41, 5.74) is 11.8. The molecule has 1 atom stereocenters. The molecule has 1 aliphatic heterocycles. The molecule has 186 valence electrons. The topological polar surface area (TPSA) is 127 Å². The number of fused-ring (bicyclic) bond motifs is 1. The van der Waals surface area contributed by atoms with Crippen molar-refractivity contribution in [3.05, 3.63) is 59.7 Å². The highest BCUT2D eigenvalue weighted by Crippen LogP contribution is 2.34. The fourth-order valence-electron chi connectivity index (χ4n) is 5.02. The molecule has 3 aromatic rings. The van der Waals surface area contributed by atoms with Gasteiger partial charge in [0.15, 0.2) is 11.9 Å². The second kappa shape index (κ2) is 10.0. The Kier molecular flexibility index (Phi) is 6.65. The Labute approximate surface area is 209 Å². The summed E-state index contributed by atoms with van der Waals surface area (Å²) in [4.78, 5) is 35.7. The SMILES string of the molecule is CC(O)CC(=O)N1CCC(c2nc3c(-c4ccc(C5=CC=CCC5)nc4)cnn3c(N)c2C=O)CC1. The van der Waals surface area contributed by atoms with Gasteiger partial charge in [-0.1, -0.05) is 24.3 Å². The molecule has 2 aliphatic rings. The van der Waals surface area contributed by atoms with Crippen molar-refractivity contribution in [3.8, 4) is 11.1 Å². The molecule has 9 nitrogen and oxygen atoms in total. The Balaban J connectivity index is 1.45. The third kappa shape index (κ3) is 4.54. The number of anilines is 1. The van der Waals surface area contributed by atoms with Gasteiger partial charge in [-0.3, -0.25) is 14.6 Å². The van der Waals surface area contributed by atoms with E-state index in [2.05, 4.69) is 28.3 Å². The van der Waals surface area contributed by atoms with E-state index in [9.17, 15) is 14.7 Å². The molecule has 9 heteroatoms. The Bertz CT molecular complexity index is 1350. The molecule has 0 radical (unpaired) electrons. The van der Waals surface area contributed by atoms with Gasteiger partial charge in [-0.25, -0.2) is 4.98 Å². The van der Waals surface area contributed by atoms with Gasteiger partial charge >= 0.3 is 0 Å². The van der Waals surface area contributed by atoms with Crippen LogP contribution in [0.5, 0.6) is 0 Å². The number of rotatable bonds is 6. The number of aliphatic hydroxyl groups excluding tert-OH is 1. The first kappa shape index (κ1) is 23.9. The van der Waals surface area contributed by atoms with E-state index < -0.39 is 6.10 Å². The molecule has 1 amide bonds. The van der Waals surface area contributed by atoms with E-state index in [1.165, 1.54) is 10.1 Å². The highest BCUT2D eigenvalue weighted by molar-refractivity contribution is 5.87. The lowest BCUT2D eigenvalue weighted by molar-refractivity contribution is -0.134. The maximum atomic E-state index is 12.3. The van der Waals surface area contributed by atoms with Crippen LogP contribution in [-0.4, -0.2) is 61.0 Å². The van der Waals surface area contributed by atoms with Gasteiger partial charge < -0.3 is 15.7 Å². The Hall–Kier alpha value is -3.85. The number of hydrogen-bond donors (Lipinski definition) is 2. The molecule has 1 saturated heterocycles. The first-order chi connectivity index (χ1) is 17.5. The predicted octanol–water partition coefficient (Wildman–Crippen LogP) is 3.40. The quantitative estimate of drug-likeness (QED) is 0.511. The average molecular weight is 487 g/mol. The van der Waals surface area contributed by atoms with Crippen LogP contribution in [0.15, 0.2) is 42.8 Å². The highest BCUT2D eigenvalue weighted by Gasteiger charge is 2.29. The maximum absolute atomic E-state index is 12.3. The summed E-state index contributed by atoms with van der Waals surface area (Å²) in [6, 6.07) is 4.02. The summed E-state index contributed by atoms with van der Waals surface area (Å²) in [6.07, 6.45) is 13.3. The number of hydrogen-bond acceptors (Lipinski definition) is 7. The van der Waals surface area contributed by atoms with Crippen LogP contribution in [0.1, 0.15) is 66.7 Å². The minimum absolute atomic E-state index is 0.0114. The molecule has 0 spiro atoms. The molecule has 4 heterocycles. The molecule has 3 aromatic heterocycles. The number of carbonyl (C=O) groups is 2. The number of piperidine rings is 1. The van der Waals surface area contributed by atoms with Crippen LogP contribution in [0.2, 0.25) is 0 Å². The first-order valence-corrected chi connectivity index (χ1v) is 12.4. The lowest BCUT2D eigenvalue weighted by Gasteiger charge is -2.32. The monoisotopic (exact) mass is 486 g/mol. The minimum Gasteiger partial charge on any atom is -0.393 e. The number of nitrogens with two attached hydrogens (primary N) is 1. The zero-order valence-electron chi connectivity index (χ0n) is 20.3. The van der Waals surface area contributed by atoms with Crippen LogP contribution in [0.25, 0.3) is 22.3 Å². The van der Waals surface area contributed by atoms with E-state index in [0.717, 1.165) is 35.9 Å². The Morgan fingerprint density at radius 3 is 2.72 bits per heavy atom. The van der Waals surface area contributed by atoms with Gasteiger partial charge in [-0.15, -0.1) is 0 Å². The van der Waals surface area contributed by atoms with Crippen molar-refractivity contribution in [1.29, 1.82) is 0 Å². The van der Waals surface area contributed by atoms with Crippen molar-refractivity contribution >= 4 is 29.2 Å². The lowest BCUT2D eigenvalue weighted by Crippen LogP contribution is -2.39. The standard InChI is InChI=1S/C27H30N6O3/c1-17(35)13-24(36)32-11-9-19(10-12-32)25-22(16-34)26(28)33-27(31-25)21(15-30-33)20-7-8-23(29-14-20)18-5-3-2-4-6-18/h2-3,5,7-8,14-17,19,35H,4,6,9-13,28H2,1H3. The fourth-order valence-corrected chi connectivity index (χ4v) is 5.02. The molecule has 1 unspecified atom stereocenters. The second-order valence-corrected chi connectivity index (χ2v) is 9.51. The number of likely N-dealkylation sites (tertiary alicyclic amines) is 1. The van der Waals surface area contributed by atoms with Crippen LogP contribution >= 0.6 is 0 Å². The summed E-state index contributed by atoms with van der Waals surface area (Å²) in [5.74, 6) is 0.186. The molecule has 3 N–H and O–H groups in total. The number of nitrogen functional groups attached to an aromatic ring is 1. The largest absolute Gasteiger partial charge is 0.393 e. The number of amides is 1. The maximum Gasteiger partial charge on any atom is 0.225 e. The van der Waals surface area contributed by atoms with Crippen LogP contribution < -0.4 is 5.73 Å². The van der Waals surface area contributed by atoms with Gasteiger partial charge in [0.2, 0.25) is 5.91 Å². The van der Waals surface area contributed by atoms with Gasteiger partial charge in [0, 0.05) is 36.3 Å². The number of aldehydes is 1. The van der Waals surface area contributed by atoms with E-state index in [1.54, 1.807) is 18.0 Å². The van der Waals surface area contributed by atoms with Crippen molar-refractivity contribution in [2.24, 2.45) is 0 Å². The van der Waals surface area contributed by atoms with Crippen LogP contribution in [0, 0.1) is 0 Å². The van der Waals surface area contributed by atoms with Gasteiger partial charge in [0.05, 0.1) is 35.7 Å². The molecule has 0 saturated carbocycles. The highest BCUT2D eigenvalue weighted by atomic mass is 16.3. The summed E-state index contributed by atoms with van der Waals surface area (Å²) in [7, 11) is 0. The third-order valence-electron chi connectivity index (χ3n) is 6.99. The van der Waals surface area contributed by atoms with E-state index in [0.29, 0.717) is 42.8 Å². The zero-order valence-corrected chi connectivity index (χ0v) is 20.3. The van der Waals surface area contributed by atoms with Crippen LogP contribution in [0.3, 0.4) is 0 Å². The van der Waals surface area contributed by atoms with E-state index in [4.69, 9.17) is 10.7 Å². The van der Waals surface area contributed by atoms with E-state index in [-0.39, 0.29) is 24.1 Å². The van der Waals surface area contributed by atoms with Crippen molar-refractivity contribution in [1.82, 2.24) is 24.5 Å². The number of nitrogens with zero attached hydrogens (tertiary/aromatic N) is 5. The molecule has 5 rings (SSSR count). The molecular weight excluding hydrogens is 456 g/mol. The van der Waals surface area contributed by atoms with E-state index in [1.807, 2.05) is 18.3 Å². The Morgan fingerprint density at radius 2 is 2.08 bits per heavy atom. The molecule has 1 aliphatic carbocycles. The van der Waals surface area contributed by atoms with Gasteiger partial charge in [0.25, 0.3) is 0 Å². The molecule has 36 heavy (non-hydrogen) atoms. The van der Waals surface area contributed by atoms with Crippen molar-refractivity contribution in [3.63, 3.8) is 0 Å². The lowest BCUT2D eigenvalue weighted by atomic mass is 9.90. The number of pyridine rings is 1. The average Bonchev–Trinajstić information content (AvgIpc) is 3.33. The third-order valence-corrected chi connectivity index (χ3v) is 6.99. The van der Waals surface area contributed by atoms with Crippen LogP contribution in [-0.2, 0) is 4.79 Å². The van der Waals surface area contributed by atoms with Crippen LogP contribution in [0.4, 0.5) is 5.82 Å². The summed E-state index contributed by atoms with van der Waals surface area (Å²) in [6.45, 7) is 2.70. The predicted molar refractivity (Wildman–Crippen MR) is 137 cm³/mol. The normalized spacial score (nSPS) is 17.3. The van der Waals surface area contributed by atoms with Crippen molar-refractivity contribution < 1.29 is 14.7 Å². The number of aromatic nitrogens is 4. The minimum atomic E-state index is -0.666. The number of aliphatic hydroxyl groups is 1. The van der Waals surface area contributed by atoms with E-state index >= 15 is 0 Å². The molecule has 0 bridgehead atoms. The first-order valence-electron chi connectivity index (χ1n) is 12.4. The summed E-state index contributed by atoms with van der Waals surface area (Å²) in [5, 5.41) is 13.9. The molecule has 0 aromatic carbocycles. The van der Waals surface area contributed by atoms with Gasteiger partial charge in [-0.2, -0.15) is 9.61 Å². The van der Waals surface area contributed by atoms with Crippen molar-refractivity contribution in [2.45, 2.75) is 51.0 Å².